The van der Waals surface area contributed by atoms with Crippen molar-refractivity contribution in [2.24, 2.45) is 0 Å². The average molecular weight is 378 g/mol. The standard InChI is InChI=1S/C19H18N6O3/c1-11-8-12(2)25(23-11)15-6-5-14(9-16(15)28-3)20-18(26)13-4-7-17-21-22-19(27)24(17)10-13/h4-10H,1-3H3,(H,20,26)(H,22,27). The van der Waals surface area contributed by atoms with Crippen molar-refractivity contribution in [1.82, 2.24) is 24.4 Å². The highest BCUT2D eigenvalue weighted by atomic mass is 16.5. The molecule has 0 aliphatic heterocycles. The van der Waals surface area contributed by atoms with Crippen LogP contribution in [0.25, 0.3) is 11.3 Å². The molecule has 0 saturated heterocycles. The molecule has 0 spiro atoms. The molecule has 9 heteroatoms. The first-order valence-corrected chi connectivity index (χ1v) is 8.56. The molecule has 0 aliphatic rings. The van der Waals surface area contributed by atoms with E-state index in [1.807, 2.05) is 26.0 Å². The van der Waals surface area contributed by atoms with E-state index < -0.39 is 5.69 Å². The Balaban J connectivity index is 1.64. The molecule has 142 valence electrons. The normalized spacial score (nSPS) is 11.0. The van der Waals surface area contributed by atoms with E-state index in [2.05, 4.69) is 20.6 Å². The highest BCUT2D eigenvalue weighted by Crippen LogP contribution is 2.27. The Morgan fingerprint density at radius 3 is 2.71 bits per heavy atom. The van der Waals surface area contributed by atoms with Gasteiger partial charge in [0.15, 0.2) is 5.65 Å². The number of rotatable bonds is 4. The molecule has 0 aliphatic carbocycles. The Kier molecular flexibility index (Phi) is 4.19. The SMILES string of the molecule is COc1cc(NC(=O)c2ccc3n[nH]c(=O)n3c2)ccc1-n1nc(C)cc1C. The number of amides is 1. The van der Waals surface area contributed by atoms with E-state index in [4.69, 9.17) is 4.74 Å². The molecule has 28 heavy (non-hydrogen) atoms. The summed E-state index contributed by atoms with van der Waals surface area (Å²) in [4.78, 5) is 24.3. The van der Waals surface area contributed by atoms with Crippen molar-refractivity contribution in [3.05, 3.63) is 70.0 Å². The van der Waals surface area contributed by atoms with Crippen molar-refractivity contribution >= 4 is 17.2 Å². The number of methoxy groups -OCH3 is 1. The molecule has 0 fully saturated rings. The van der Waals surface area contributed by atoms with Gasteiger partial charge in [-0.2, -0.15) is 10.2 Å². The summed E-state index contributed by atoms with van der Waals surface area (Å²) in [6.45, 7) is 3.88. The molecule has 0 unspecified atom stereocenters. The third kappa shape index (κ3) is 3.02. The van der Waals surface area contributed by atoms with Gasteiger partial charge in [0.05, 0.1) is 18.4 Å². The van der Waals surface area contributed by atoms with Crippen molar-refractivity contribution in [3.63, 3.8) is 0 Å². The summed E-state index contributed by atoms with van der Waals surface area (Å²) >= 11 is 0. The maximum Gasteiger partial charge on any atom is 0.347 e. The van der Waals surface area contributed by atoms with Crippen LogP contribution in [0.1, 0.15) is 21.7 Å². The second-order valence-corrected chi connectivity index (χ2v) is 6.35. The van der Waals surface area contributed by atoms with Crippen molar-refractivity contribution in [1.29, 1.82) is 0 Å². The van der Waals surface area contributed by atoms with Crippen LogP contribution < -0.4 is 15.7 Å². The van der Waals surface area contributed by atoms with Crippen LogP contribution in [0.4, 0.5) is 5.69 Å². The van der Waals surface area contributed by atoms with Gasteiger partial charge in [-0.3, -0.25) is 4.79 Å². The number of fused-ring (bicyclic) bond motifs is 1. The van der Waals surface area contributed by atoms with E-state index in [9.17, 15) is 9.59 Å². The molecule has 4 rings (SSSR count). The van der Waals surface area contributed by atoms with Crippen LogP contribution >= 0.6 is 0 Å². The van der Waals surface area contributed by atoms with Crippen LogP contribution in [0.15, 0.2) is 47.4 Å². The summed E-state index contributed by atoms with van der Waals surface area (Å²) in [5.74, 6) is 0.224. The van der Waals surface area contributed by atoms with E-state index >= 15 is 0 Å². The highest BCUT2D eigenvalue weighted by Gasteiger charge is 2.13. The van der Waals surface area contributed by atoms with E-state index in [-0.39, 0.29) is 5.91 Å². The van der Waals surface area contributed by atoms with Crippen molar-refractivity contribution in [2.75, 3.05) is 12.4 Å². The van der Waals surface area contributed by atoms with Crippen LogP contribution in [0.2, 0.25) is 0 Å². The number of nitrogens with one attached hydrogen (secondary N) is 2. The zero-order chi connectivity index (χ0) is 19.8. The molecule has 0 atom stereocenters. The van der Waals surface area contributed by atoms with Crippen LogP contribution in [0.5, 0.6) is 5.75 Å². The first-order valence-electron chi connectivity index (χ1n) is 8.56. The van der Waals surface area contributed by atoms with Gasteiger partial charge in [0.1, 0.15) is 11.4 Å². The molecule has 0 saturated carbocycles. The first kappa shape index (κ1) is 17.5. The van der Waals surface area contributed by atoms with Gasteiger partial charge in [0, 0.05) is 23.6 Å². The van der Waals surface area contributed by atoms with E-state index in [0.717, 1.165) is 17.1 Å². The van der Waals surface area contributed by atoms with Crippen molar-refractivity contribution < 1.29 is 9.53 Å². The van der Waals surface area contributed by atoms with Gasteiger partial charge in [-0.25, -0.2) is 19.0 Å². The number of carbonyl (C=O) groups is 1. The minimum atomic E-state index is -0.402. The summed E-state index contributed by atoms with van der Waals surface area (Å²) in [5.41, 5.74) is 3.59. The Morgan fingerprint density at radius 1 is 1.18 bits per heavy atom. The first-order chi connectivity index (χ1) is 13.5. The van der Waals surface area contributed by atoms with Crippen LogP contribution in [-0.4, -0.2) is 37.4 Å². The molecule has 9 nitrogen and oxygen atoms in total. The molecule has 1 aromatic carbocycles. The second kappa shape index (κ2) is 6.69. The molecular weight excluding hydrogens is 360 g/mol. The lowest BCUT2D eigenvalue weighted by Gasteiger charge is -2.13. The largest absolute Gasteiger partial charge is 0.494 e. The molecule has 3 heterocycles. The Labute approximate surface area is 159 Å². The lowest BCUT2D eigenvalue weighted by molar-refractivity contribution is 0.102. The second-order valence-electron chi connectivity index (χ2n) is 6.35. The zero-order valence-corrected chi connectivity index (χ0v) is 15.6. The summed E-state index contributed by atoms with van der Waals surface area (Å²) in [6, 6.07) is 10.5. The number of benzene rings is 1. The smallest absolute Gasteiger partial charge is 0.347 e. The van der Waals surface area contributed by atoms with E-state index in [0.29, 0.717) is 22.6 Å². The van der Waals surface area contributed by atoms with Crippen LogP contribution in [0, 0.1) is 13.8 Å². The number of nitrogens with zero attached hydrogens (tertiary/aromatic N) is 4. The molecule has 2 N–H and O–H groups in total. The fraction of sp³-hybridized carbons (Fsp3) is 0.158. The van der Waals surface area contributed by atoms with Gasteiger partial charge < -0.3 is 10.1 Å². The zero-order valence-electron chi connectivity index (χ0n) is 15.6. The predicted octanol–water partition coefficient (Wildman–Crippen LogP) is 2.09. The third-order valence-corrected chi connectivity index (χ3v) is 4.35. The molecule has 1 amide bonds. The quantitative estimate of drug-likeness (QED) is 0.566. The van der Waals surface area contributed by atoms with Gasteiger partial charge in [0.25, 0.3) is 5.91 Å². The molecule has 0 radical (unpaired) electrons. The van der Waals surface area contributed by atoms with E-state index in [1.54, 1.807) is 36.1 Å². The summed E-state index contributed by atoms with van der Waals surface area (Å²) in [7, 11) is 1.56. The highest BCUT2D eigenvalue weighted by molar-refractivity contribution is 6.04. The minimum absolute atomic E-state index is 0.331. The number of H-pyrrole nitrogens is 1. The average Bonchev–Trinajstić information content (AvgIpc) is 3.22. The predicted molar refractivity (Wildman–Crippen MR) is 103 cm³/mol. The third-order valence-electron chi connectivity index (χ3n) is 4.35. The maximum absolute atomic E-state index is 12.6. The van der Waals surface area contributed by atoms with Gasteiger partial charge in [-0.15, -0.1) is 0 Å². The number of anilines is 1. The molecular formula is C19H18N6O3. The van der Waals surface area contributed by atoms with Crippen LogP contribution in [0.3, 0.4) is 0 Å². The van der Waals surface area contributed by atoms with Gasteiger partial charge in [0.2, 0.25) is 0 Å². The van der Waals surface area contributed by atoms with E-state index in [1.165, 1.54) is 10.6 Å². The Bertz CT molecular complexity index is 1250. The lowest BCUT2D eigenvalue weighted by Crippen LogP contribution is -2.15. The molecule has 3 aromatic heterocycles. The van der Waals surface area contributed by atoms with Crippen molar-refractivity contribution in [2.45, 2.75) is 13.8 Å². The van der Waals surface area contributed by atoms with Crippen molar-refractivity contribution in [3.8, 4) is 11.4 Å². The summed E-state index contributed by atoms with van der Waals surface area (Å²) < 4.78 is 8.55. The lowest BCUT2D eigenvalue weighted by atomic mass is 10.2. The number of pyridine rings is 1. The van der Waals surface area contributed by atoms with Gasteiger partial charge in [-0.05, 0) is 44.2 Å². The number of hydrogen-bond acceptors (Lipinski definition) is 5. The number of aromatic amines is 1. The topological polar surface area (TPSA) is 106 Å². The number of aromatic nitrogens is 5. The fourth-order valence-electron chi connectivity index (χ4n) is 3.05. The summed E-state index contributed by atoms with van der Waals surface area (Å²) in [5, 5.41) is 13.5. The fourth-order valence-corrected chi connectivity index (χ4v) is 3.05. The maximum atomic E-state index is 12.6. The monoisotopic (exact) mass is 378 g/mol. The Hall–Kier alpha value is -3.88. The van der Waals surface area contributed by atoms with Gasteiger partial charge in [-0.1, -0.05) is 0 Å². The number of aryl methyl sites for hydroxylation is 2. The van der Waals surface area contributed by atoms with Crippen LogP contribution in [-0.2, 0) is 0 Å². The van der Waals surface area contributed by atoms with Gasteiger partial charge >= 0.3 is 5.69 Å². The number of carbonyl (C=O) groups excluding carboxylic acids is 1. The summed E-state index contributed by atoms with van der Waals surface area (Å²) in [6.07, 6.45) is 1.44. The minimum Gasteiger partial charge on any atom is -0.494 e. The Morgan fingerprint density at radius 2 is 2.00 bits per heavy atom. The number of ether oxygens (including phenoxy) is 1. The number of hydrogen-bond donors (Lipinski definition) is 2. The molecule has 0 bridgehead atoms. The molecule has 4 aromatic rings.